The topological polar surface area (TPSA) is 48.0 Å². The van der Waals surface area contributed by atoms with Gasteiger partial charge < -0.3 is 14.2 Å². The van der Waals surface area contributed by atoms with Crippen molar-refractivity contribution in [3.05, 3.63) is 88.7 Å². The Morgan fingerprint density at radius 3 is 2.58 bits per heavy atom. The largest absolute Gasteiger partial charge is 0.478 e. The number of nitrogens with zero attached hydrogens (tertiary/aromatic N) is 1. The number of methoxy groups -OCH3 is 1. The summed E-state index contributed by atoms with van der Waals surface area (Å²) in [7, 11) is 1.71. The molecule has 2 aliphatic rings. The van der Waals surface area contributed by atoms with Crippen molar-refractivity contribution in [2.75, 3.05) is 27.0 Å². The standard InChI is InChI=1S/C28H27NO4/c1-19-15-24-23(17-29(18-32-24)13-6-14-31-2)28-26(19)27(30)25(33-28)16-20-9-11-22(12-10-20)21-7-4-3-5-8-21/h3-5,7-12,15-16H,6,13-14,17-18H2,1-2H3/b25-16-. The Balaban J connectivity index is 1.40. The summed E-state index contributed by atoms with van der Waals surface area (Å²) < 4.78 is 17.3. The fourth-order valence-corrected chi connectivity index (χ4v) is 4.41. The normalized spacial score (nSPS) is 16.3. The lowest BCUT2D eigenvalue weighted by molar-refractivity contribution is 0.0822. The summed E-state index contributed by atoms with van der Waals surface area (Å²) in [5, 5.41) is 0. The number of fused-ring (bicyclic) bond motifs is 3. The molecule has 0 aliphatic carbocycles. The highest BCUT2D eigenvalue weighted by molar-refractivity contribution is 6.15. The molecule has 0 N–H and O–H groups in total. The Kier molecular flexibility index (Phi) is 5.99. The fraction of sp³-hybridized carbons (Fsp3) is 0.250. The van der Waals surface area contributed by atoms with Crippen LogP contribution in [0.4, 0.5) is 0 Å². The van der Waals surface area contributed by atoms with Gasteiger partial charge in [-0.2, -0.15) is 0 Å². The van der Waals surface area contributed by atoms with Crippen LogP contribution in [0.15, 0.2) is 66.4 Å². The van der Waals surface area contributed by atoms with E-state index in [1.807, 2.05) is 49.4 Å². The second kappa shape index (κ2) is 9.22. The van der Waals surface area contributed by atoms with Crippen molar-refractivity contribution in [3.63, 3.8) is 0 Å². The third-order valence-corrected chi connectivity index (χ3v) is 6.13. The second-order valence-electron chi connectivity index (χ2n) is 8.47. The lowest BCUT2D eigenvalue weighted by atomic mass is 9.98. The lowest BCUT2D eigenvalue weighted by Crippen LogP contribution is -2.33. The van der Waals surface area contributed by atoms with Crippen molar-refractivity contribution in [2.45, 2.75) is 19.9 Å². The molecule has 33 heavy (non-hydrogen) atoms. The van der Waals surface area contributed by atoms with E-state index in [1.54, 1.807) is 7.11 Å². The molecule has 0 saturated heterocycles. The monoisotopic (exact) mass is 441 g/mol. The van der Waals surface area contributed by atoms with E-state index in [4.69, 9.17) is 14.2 Å². The van der Waals surface area contributed by atoms with E-state index >= 15 is 0 Å². The Hall–Kier alpha value is -3.41. The minimum atomic E-state index is -0.0751. The smallest absolute Gasteiger partial charge is 0.232 e. The number of benzene rings is 3. The molecule has 5 rings (SSSR count). The molecule has 2 aliphatic heterocycles. The number of carbonyl (C=O) groups excluding carboxylic acids is 1. The number of hydrogen-bond donors (Lipinski definition) is 0. The maximum atomic E-state index is 13.2. The van der Waals surface area contributed by atoms with Crippen LogP contribution in [0.3, 0.4) is 0 Å². The van der Waals surface area contributed by atoms with Gasteiger partial charge in [-0.25, -0.2) is 0 Å². The zero-order valence-electron chi connectivity index (χ0n) is 19.0. The Bertz CT molecular complexity index is 1200. The SMILES string of the molecule is COCCCN1COc2cc(C)c3c(c2C1)O/C(=C\c1ccc(-c2ccccc2)cc1)C3=O. The molecule has 3 aromatic carbocycles. The first-order valence-corrected chi connectivity index (χ1v) is 11.2. The highest BCUT2D eigenvalue weighted by atomic mass is 16.5. The van der Waals surface area contributed by atoms with Gasteiger partial charge in [-0.3, -0.25) is 9.69 Å². The lowest BCUT2D eigenvalue weighted by Gasteiger charge is -2.30. The van der Waals surface area contributed by atoms with Crippen molar-refractivity contribution >= 4 is 11.9 Å². The first-order chi connectivity index (χ1) is 16.1. The summed E-state index contributed by atoms with van der Waals surface area (Å²) in [4.78, 5) is 15.4. The third-order valence-electron chi connectivity index (χ3n) is 6.13. The van der Waals surface area contributed by atoms with Crippen LogP contribution in [0.2, 0.25) is 0 Å². The minimum absolute atomic E-state index is 0.0751. The molecule has 3 aromatic rings. The predicted octanol–water partition coefficient (Wildman–Crippen LogP) is 5.47. The van der Waals surface area contributed by atoms with Crippen LogP contribution >= 0.6 is 0 Å². The summed E-state index contributed by atoms with van der Waals surface area (Å²) in [5.74, 6) is 1.72. The summed E-state index contributed by atoms with van der Waals surface area (Å²) in [6.07, 6.45) is 2.75. The van der Waals surface area contributed by atoms with Gasteiger partial charge in [-0.05, 0) is 47.7 Å². The van der Waals surface area contributed by atoms with Gasteiger partial charge in [-0.1, -0.05) is 54.6 Å². The number of ether oxygens (including phenoxy) is 3. The molecule has 0 unspecified atom stereocenters. The van der Waals surface area contributed by atoms with Gasteiger partial charge in [0.1, 0.15) is 18.2 Å². The van der Waals surface area contributed by atoms with Gasteiger partial charge in [0, 0.05) is 26.8 Å². The molecule has 0 bridgehead atoms. The zero-order chi connectivity index (χ0) is 22.8. The van der Waals surface area contributed by atoms with Crippen molar-refractivity contribution in [3.8, 4) is 22.6 Å². The molecule has 0 spiro atoms. The van der Waals surface area contributed by atoms with Crippen LogP contribution in [0, 0.1) is 6.92 Å². The van der Waals surface area contributed by atoms with Gasteiger partial charge in [0.2, 0.25) is 5.78 Å². The van der Waals surface area contributed by atoms with Gasteiger partial charge in [0.05, 0.1) is 11.1 Å². The molecule has 0 amide bonds. The summed E-state index contributed by atoms with van der Waals surface area (Å²) in [6.45, 7) is 4.72. The van der Waals surface area contributed by atoms with Gasteiger partial charge >= 0.3 is 0 Å². The van der Waals surface area contributed by atoms with E-state index in [1.165, 1.54) is 0 Å². The average Bonchev–Trinajstić information content (AvgIpc) is 3.17. The predicted molar refractivity (Wildman–Crippen MR) is 128 cm³/mol. The Morgan fingerprint density at radius 1 is 1.06 bits per heavy atom. The average molecular weight is 442 g/mol. The molecule has 0 atom stereocenters. The van der Waals surface area contributed by atoms with Crippen LogP contribution in [0.25, 0.3) is 17.2 Å². The third kappa shape index (κ3) is 4.30. The molecule has 0 fully saturated rings. The highest BCUT2D eigenvalue weighted by Gasteiger charge is 2.35. The van der Waals surface area contributed by atoms with Gasteiger partial charge in [0.15, 0.2) is 5.76 Å². The number of carbonyl (C=O) groups is 1. The summed E-state index contributed by atoms with van der Waals surface area (Å²) >= 11 is 0. The quantitative estimate of drug-likeness (QED) is 0.375. The zero-order valence-corrected chi connectivity index (χ0v) is 19.0. The van der Waals surface area contributed by atoms with E-state index in [-0.39, 0.29) is 5.78 Å². The molecule has 0 radical (unpaired) electrons. The van der Waals surface area contributed by atoms with E-state index < -0.39 is 0 Å². The summed E-state index contributed by atoms with van der Waals surface area (Å²) in [6, 6.07) is 20.3. The number of ketones is 1. The molecule has 2 heterocycles. The number of hydrogen-bond acceptors (Lipinski definition) is 5. The minimum Gasteiger partial charge on any atom is -0.478 e. The number of rotatable bonds is 6. The van der Waals surface area contributed by atoms with Gasteiger partial charge in [-0.15, -0.1) is 0 Å². The van der Waals surface area contributed by atoms with Crippen LogP contribution in [0.5, 0.6) is 11.5 Å². The number of Topliss-reactive ketones (excluding diaryl/α,β-unsaturated/α-hetero) is 1. The van der Waals surface area contributed by atoms with Crippen LogP contribution in [0.1, 0.15) is 33.5 Å². The van der Waals surface area contributed by atoms with Crippen LogP contribution in [-0.4, -0.2) is 37.7 Å². The first kappa shape index (κ1) is 21.4. The Labute approximate surface area is 194 Å². The molecular weight excluding hydrogens is 414 g/mol. The fourth-order valence-electron chi connectivity index (χ4n) is 4.41. The van der Waals surface area contributed by atoms with Crippen molar-refractivity contribution in [2.24, 2.45) is 0 Å². The molecule has 0 saturated carbocycles. The maximum absolute atomic E-state index is 13.2. The van der Waals surface area contributed by atoms with E-state index in [0.29, 0.717) is 37.0 Å². The van der Waals surface area contributed by atoms with Gasteiger partial charge in [0.25, 0.3) is 0 Å². The Morgan fingerprint density at radius 2 is 1.82 bits per heavy atom. The van der Waals surface area contributed by atoms with Crippen LogP contribution in [-0.2, 0) is 11.3 Å². The van der Waals surface area contributed by atoms with E-state index in [9.17, 15) is 4.79 Å². The number of allylic oxidation sites excluding steroid dienone is 1. The molecule has 5 nitrogen and oxygen atoms in total. The van der Waals surface area contributed by atoms with Crippen molar-refractivity contribution in [1.29, 1.82) is 0 Å². The highest BCUT2D eigenvalue weighted by Crippen LogP contribution is 2.44. The molecular formula is C28H27NO4. The van der Waals surface area contributed by atoms with E-state index in [2.05, 4.69) is 29.2 Å². The van der Waals surface area contributed by atoms with E-state index in [0.717, 1.165) is 46.5 Å². The molecule has 168 valence electrons. The van der Waals surface area contributed by atoms with Crippen LogP contribution < -0.4 is 9.47 Å². The molecule has 5 heteroatoms. The second-order valence-corrected chi connectivity index (χ2v) is 8.47. The van der Waals surface area contributed by atoms with Crippen molar-refractivity contribution in [1.82, 2.24) is 4.90 Å². The summed E-state index contributed by atoms with van der Waals surface area (Å²) in [5.41, 5.74) is 5.68. The molecule has 0 aromatic heterocycles. The number of aryl methyl sites for hydroxylation is 1. The van der Waals surface area contributed by atoms with Crippen molar-refractivity contribution < 1.29 is 19.0 Å². The first-order valence-electron chi connectivity index (χ1n) is 11.2. The maximum Gasteiger partial charge on any atom is 0.232 e.